The lowest BCUT2D eigenvalue weighted by Crippen LogP contribution is -2.03. The minimum atomic E-state index is -0.443. The van der Waals surface area contributed by atoms with Crippen molar-refractivity contribution < 1.29 is 9.31 Å². The molecule has 0 amide bonds. The smallest absolute Gasteiger partial charge is 0.269 e. The van der Waals surface area contributed by atoms with Gasteiger partial charge in [0, 0.05) is 17.7 Å². The summed E-state index contributed by atoms with van der Waals surface area (Å²) in [5.74, 6) is -0.255. The molecule has 3 aromatic rings. The number of hydrogen-bond acceptors (Lipinski definition) is 4. The zero-order valence-corrected chi connectivity index (χ0v) is 14.7. The van der Waals surface area contributed by atoms with Gasteiger partial charge in [-0.1, -0.05) is 49.4 Å². The van der Waals surface area contributed by atoms with Crippen molar-refractivity contribution >= 4 is 17.1 Å². The predicted molar refractivity (Wildman–Crippen MR) is 105 cm³/mol. The second-order valence-corrected chi connectivity index (χ2v) is 5.89. The molecule has 0 radical (unpaired) electrons. The van der Waals surface area contributed by atoms with E-state index in [2.05, 4.69) is 10.5 Å². The average molecular weight is 363 g/mol. The quantitative estimate of drug-likeness (QED) is 0.351. The van der Waals surface area contributed by atoms with Gasteiger partial charge < -0.3 is 0 Å². The number of nitrogens with one attached hydrogen (secondary N) is 1. The molecule has 3 aromatic carbocycles. The molecule has 0 fully saturated rings. The van der Waals surface area contributed by atoms with E-state index in [1.165, 1.54) is 18.2 Å². The van der Waals surface area contributed by atoms with Gasteiger partial charge in [0.05, 0.1) is 16.3 Å². The summed E-state index contributed by atoms with van der Waals surface area (Å²) in [5.41, 5.74) is 6.72. The van der Waals surface area contributed by atoms with Crippen molar-refractivity contribution in [3.8, 4) is 11.1 Å². The molecule has 0 aliphatic carbocycles. The summed E-state index contributed by atoms with van der Waals surface area (Å²) < 4.78 is 13.9. The number of hydrazone groups is 1. The van der Waals surface area contributed by atoms with E-state index >= 15 is 0 Å². The average Bonchev–Trinajstić information content (AvgIpc) is 2.70. The molecule has 6 heteroatoms. The van der Waals surface area contributed by atoms with E-state index in [-0.39, 0.29) is 11.5 Å². The molecular formula is C21H18FN3O2. The normalized spacial score (nSPS) is 11.3. The van der Waals surface area contributed by atoms with Crippen molar-refractivity contribution in [3.63, 3.8) is 0 Å². The molecule has 0 aliphatic heterocycles. The Balaban J connectivity index is 1.78. The molecule has 27 heavy (non-hydrogen) atoms. The number of hydrogen-bond donors (Lipinski definition) is 1. The number of halogens is 1. The SMILES string of the molecule is CC/C(=N\Nc1ccc([N+](=O)[O-])cc1)c1ccc(-c2ccccc2F)cc1. The summed E-state index contributed by atoms with van der Waals surface area (Å²) in [6.07, 6.45) is 0.693. The molecule has 0 aromatic heterocycles. The van der Waals surface area contributed by atoms with Crippen molar-refractivity contribution in [3.05, 3.63) is 94.3 Å². The highest BCUT2D eigenvalue weighted by Gasteiger charge is 2.07. The number of nitro groups is 1. The first-order valence-corrected chi connectivity index (χ1v) is 8.51. The van der Waals surface area contributed by atoms with Gasteiger partial charge in [-0.05, 0) is 35.7 Å². The predicted octanol–water partition coefficient (Wildman–Crippen LogP) is 5.63. The number of non-ortho nitro benzene ring substituents is 1. The van der Waals surface area contributed by atoms with Crippen LogP contribution in [0, 0.1) is 15.9 Å². The summed E-state index contributed by atoms with van der Waals surface area (Å²) in [6.45, 7) is 1.99. The molecule has 0 aliphatic rings. The van der Waals surface area contributed by atoms with Crippen LogP contribution in [0.1, 0.15) is 18.9 Å². The Morgan fingerprint density at radius 3 is 2.30 bits per heavy atom. The van der Waals surface area contributed by atoms with E-state index in [0.29, 0.717) is 17.7 Å². The Morgan fingerprint density at radius 2 is 1.70 bits per heavy atom. The van der Waals surface area contributed by atoms with Crippen LogP contribution in [0.5, 0.6) is 0 Å². The standard InChI is InChI=1S/C21H18FN3O2/c1-2-21(24-23-17-11-13-18(14-12-17)25(26)27)16-9-7-15(8-10-16)19-5-3-4-6-20(19)22/h3-14,23H,2H2,1H3/b24-21+. The number of nitrogens with zero attached hydrogens (tertiary/aromatic N) is 2. The van der Waals surface area contributed by atoms with E-state index < -0.39 is 4.92 Å². The molecule has 0 spiro atoms. The Morgan fingerprint density at radius 1 is 1.04 bits per heavy atom. The maximum Gasteiger partial charge on any atom is 0.269 e. The van der Waals surface area contributed by atoms with Gasteiger partial charge in [-0.25, -0.2) is 4.39 Å². The van der Waals surface area contributed by atoms with Crippen LogP contribution in [-0.4, -0.2) is 10.6 Å². The van der Waals surface area contributed by atoms with Crippen LogP contribution in [0.4, 0.5) is 15.8 Å². The summed E-state index contributed by atoms with van der Waals surface area (Å²) in [7, 11) is 0. The minimum absolute atomic E-state index is 0.0315. The largest absolute Gasteiger partial charge is 0.278 e. The van der Waals surface area contributed by atoms with Crippen LogP contribution >= 0.6 is 0 Å². The monoisotopic (exact) mass is 363 g/mol. The molecule has 0 heterocycles. The van der Waals surface area contributed by atoms with E-state index in [4.69, 9.17) is 0 Å². The van der Waals surface area contributed by atoms with Gasteiger partial charge >= 0.3 is 0 Å². The highest BCUT2D eigenvalue weighted by Crippen LogP contribution is 2.23. The molecule has 0 atom stereocenters. The maximum atomic E-state index is 13.9. The molecule has 0 unspecified atom stereocenters. The van der Waals surface area contributed by atoms with Gasteiger partial charge in [0.1, 0.15) is 5.82 Å². The minimum Gasteiger partial charge on any atom is -0.278 e. The highest BCUT2D eigenvalue weighted by atomic mass is 19.1. The van der Waals surface area contributed by atoms with Gasteiger partial charge in [0.2, 0.25) is 0 Å². The van der Waals surface area contributed by atoms with E-state index in [0.717, 1.165) is 16.8 Å². The number of anilines is 1. The summed E-state index contributed by atoms with van der Waals surface area (Å²) >= 11 is 0. The van der Waals surface area contributed by atoms with Gasteiger partial charge in [-0.15, -0.1) is 0 Å². The van der Waals surface area contributed by atoms with Crippen LogP contribution in [0.15, 0.2) is 77.9 Å². The third-order valence-electron chi connectivity index (χ3n) is 4.14. The van der Waals surface area contributed by atoms with Crippen molar-refractivity contribution in [2.45, 2.75) is 13.3 Å². The van der Waals surface area contributed by atoms with E-state index in [1.54, 1.807) is 30.3 Å². The number of nitro benzene ring substituents is 1. The molecule has 0 saturated heterocycles. The van der Waals surface area contributed by atoms with E-state index in [9.17, 15) is 14.5 Å². The van der Waals surface area contributed by atoms with Gasteiger partial charge in [0.25, 0.3) is 5.69 Å². The fourth-order valence-electron chi connectivity index (χ4n) is 2.67. The Labute approximate surface area is 156 Å². The third kappa shape index (κ3) is 4.36. The highest BCUT2D eigenvalue weighted by molar-refractivity contribution is 6.01. The maximum absolute atomic E-state index is 13.9. The zero-order chi connectivity index (χ0) is 19.2. The first-order valence-electron chi connectivity index (χ1n) is 8.51. The molecule has 0 saturated carbocycles. The van der Waals surface area contributed by atoms with Crippen molar-refractivity contribution in [2.24, 2.45) is 5.10 Å². The lowest BCUT2D eigenvalue weighted by atomic mass is 10.0. The van der Waals surface area contributed by atoms with Crippen LogP contribution in [0.3, 0.4) is 0 Å². The number of rotatable bonds is 6. The zero-order valence-electron chi connectivity index (χ0n) is 14.7. The summed E-state index contributed by atoms with van der Waals surface area (Å²) in [5, 5.41) is 15.1. The van der Waals surface area contributed by atoms with Crippen molar-refractivity contribution in [1.29, 1.82) is 0 Å². The van der Waals surface area contributed by atoms with Crippen molar-refractivity contribution in [2.75, 3.05) is 5.43 Å². The van der Waals surface area contributed by atoms with Crippen LogP contribution in [0.25, 0.3) is 11.1 Å². The van der Waals surface area contributed by atoms with E-state index in [1.807, 2.05) is 31.2 Å². The summed E-state index contributed by atoms with van der Waals surface area (Å²) in [4.78, 5) is 10.3. The van der Waals surface area contributed by atoms with Crippen LogP contribution in [0.2, 0.25) is 0 Å². The first kappa shape index (κ1) is 18.3. The van der Waals surface area contributed by atoms with Gasteiger partial charge in [0.15, 0.2) is 0 Å². The fourth-order valence-corrected chi connectivity index (χ4v) is 2.67. The van der Waals surface area contributed by atoms with Gasteiger partial charge in [-0.2, -0.15) is 5.10 Å². The van der Waals surface area contributed by atoms with Crippen LogP contribution < -0.4 is 5.43 Å². The third-order valence-corrected chi connectivity index (χ3v) is 4.14. The Kier molecular flexibility index (Phi) is 5.56. The van der Waals surface area contributed by atoms with Crippen molar-refractivity contribution in [1.82, 2.24) is 0 Å². The molecule has 136 valence electrons. The lowest BCUT2D eigenvalue weighted by molar-refractivity contribution is -0.384. The Hall–Kier alpha value is -3.54. The first-order chi connectivity index (χ1) is 13.1. The number of benzene rings is 3. The molecule has 1 N–H and O–H groups in total. The van der Waals surface area contributed by atoms with Gasteiger partial charge in [-0.3, -0.25) is 15.5 Å². The molecule has 5 nitrogen and oxygen atoms in total. The summed E-state index contributed by atoms with van der Waals surface area (Å²) in [6, 6.07) is 20.3. The molecular weight excluding hydrogens is 345 g/mol. The second kappa shape index (κ2) is 8.23. The second-order valence-electron chi connectivity index (χ2n) is 5.89. The van der Waals surface area contributed by atoms with Crippen LogP contribution in [-0.2, 0) is 0 Å². The topological polar surface area (TPSA) is 67.5 Å². The Bertz CT molecular complexity index is 967. The molecule has 3 rings (SSSR count). The fraction of sp³-hybridized carbons (Fsp3) is 0.0952. The lowest BCUT2D eigenvalue weighted by Gasteiger charge is -2.08. The molecule has 0 bridgehead atoms.